The Kier molecular flexibility index (Phi) is 5.37. The third-order valence-electron chi connectivity index (χ3n) is 1.57. The molecule has 1 unspecified atom stereocenters. The van der Waals surface area contributed by atoms with E-state index < -0.39 is 12.2 Å². The molecule has 1 rings (SSSR count). The van der Waals surface area contributed by atoms with Crippen LogP contribution in [0.1, 0.15) is 11.9 Å². The molecule has 80 valence electrons. The lowest BCUT2D eigenvalue weighted by molar-refractivity contribution is -0.0446. The maximum atomic E-state index is 13.0. The summed E-state index contributed by atoms with van der Waals surface area (Å²) in [6.45, 7) is 0. The molecule has 1 atom stereocenters. The Morgan fingerprint density at radius 3 is 2.57 bits per heavy atom. The van der Waals surface area contributed by atoms with Gasteiger partial charge in [0.1, 0.15) is 0 Å². The van der Waals surface area contributed by atoms with Crippen LogP contribution in [0.3, 0.4) is 0 Å². The molecule has 6 heteroatoms. The molecule has 2 N–H and O–H groups in total. The number of alkyl halides is 1. The van der Waals surface area contributed by atoms with Crippen molar-refractivity contribution < 1.29 is 18.4 Å². The normalized spacial score (nSPS) is 11.7. The van der Waals surface area contributed by atoms with Crippen LogP contribution in [0.15, 0.2) is 18.2 Å². The third kappa shape index (κ3) is 2.54. The topological polar surface area (TPSA) is 44.5 Å². The highest BCUT2D eigenvalue weighted by molar-refractivity contribution is 5.85. The van der Waals surface area contributed by atoms with Crippen molar-refractivity contribution in [2.45, 2.75) is 6.36 Å². The van der Waals surface area contributed by atoms with Crippen molar-refractivity contribution in [1.29, 1.82) is 0 Å². The Morgan fingerprint density at radius 2 is 2.07 bits per heavy atom. The van der Waals surface area contributed by atoms with Gasteiger partial charge in [0.2, 0.25) is 6.36 Å². The average molecular weight is 226 g/mol. The average Bonchev–Trinajstić information content (AvgIpc) is 2.16. The Bertz CT molecular complexity index is 299. The van der Waals surface area contributed by atoms with Crippen LogP contribution >= 0.6 is 12.4 Å². The molecule has 0 radical (unpaired) electrons. The fourth-order valence-corrected chi connectivity index (χ4v) is 0.993. The lowest BCUT2D eigenvalue weighted by Crippen LogP contribution is -2.06. The number of methoxy groups -OCH3 is 1. The maximum Gasteiger partial charge on any atom is 0.246 e. The summed E-state index contributed by atoms with van der Waals surface area (Å²) in [4.78, 5) is 3.92. The molecular formula is C8H10ClF2NO2. The van der Waals surface area contributed by atoms with Gasteiger partial charge >= 0.3 is 0 Å². The molecular weight excluding hydrogens is 216 g/mol. The Hall–Kier alpha value is -0.910. The van der Waals surface area contributed by atoms with Crippen molar-refractivity contribution in [3.05, 3.63) is 29.6 Å². The lowest BCUT2D eigenvalue weighted by Gasteiger charge is -2.10. The summed E-state index contributed by atoms with van der Waals surface area (Å²) >= 11 is 0. The van der Waals surface area contributed by atoms with E-state index in [2.05, 4.69) is 15.5 Å². The second-order valence-corrected chi connectivity index (χ2v) is 2.31. The van der Waals surface area contributed by atoms with Gasteiger partial charge in [0.25, 0.3) is 0 Å². The van der Waals surface area contributed by atoms with Crippen LogP contribution in [0, 0.1) is 5.82 Å². The van der Waals surface area contributed by atoms with Gasteiger partial charge in [0, 0.05) is 0 Å². The summed E-state index contributed by atoms with van der Waals surface area (Å²) in [5.41, 5.74) is -0.0648. The van der Waals surface area contributed by atoms with Crippen molar-refractivity contribution in [2.24, 2.45) is 5.90 Å². The molecule has 0 aliphatic rings. The largest absolute Gasteiger partial charge is 0.493 e. The van der Waals surface area contributed by atoms with E-state index in [4.69, 9.17) is 0 Å². The van der Waals surface area contributed by atoms with Crippen molar-refractivity contribution in [3.63, 3.8) is 0 Å². The molecule has 0 bridgehead atoms. The minimum Gasteiger partial charge on any atom is -0.493 e. The van der Waals surface area contributed by atoms with Crippen molar-refractivity contribution >= 4 is 12.4 Å². The summed E-state index contributed by atoms with van der Waals surface area (Å²) in [7, 11) is 1.24. The smallest absolute Gasteiger partial charge is 0.246 e. The Morgan fingerprint density at radius 1 is 1.43 bits per heavy atom. The van der Waals surface area contributed by atoms with Gasteiger partial charge in [-0.3, -0.25) is 4.84 Å². The molecule has 1 aromatic carbocycles. The zero-order valence-corrected chi connectivity index (χ0v) is 8.18. The summed E-state index contributed by atoms with van der Waals surface area (Å²) in [5.74, 6) is 3.78. The lowest BCUT2D eigenvalue weighted by atomic mass is 10.2. The first-order chi connectivity index (χ1) is 6.20. The highest BCUT2D eigenvalue weighted by atomic mass is 35.5. The van der Waals surface area contributed by atoms with Gasteiger partial charge in [0.15, 0.2) is 11.6 Å². The molecule has 1 aromatic rings. The number of benzene rings is 1. The number of hydrogen-bond acceptors (Lipinski definition) is 3. The van der Waals surface area contributed by atoms with E-state index >= 15 is 0 Å². The molecule has 0 saturated carbocycles. The fraction of sp³-hybridized carbons (Fsp3) is 0.250. The van der Waals surface area contributed by atoms with Crippen molar-refractivity contribution in [1.82, 2.24) is 0 Å². The minimum atomic E-state index is -1.88. The number of nitrogens with two attached hydrogens (primary N) is 1. The van der Waals surface area contributed by atoms with E-state index in [1.165, 1.54) is 19.2 Å². The second-order valence-electron chi connectivity index (χ2n) is 2.31. The van der Waals surface area contributed by atoms with Crippen LogP contribution in [-0.2, 0) is 4.84 Å². The Labute approximate surface area is 86.2 Å². The first-order valence-corrected chi connectivity index (χ1v) is 3.52. The van der Waals surface area contributed by atoms with Gasteiger partial charge in [-0.1, -0.05) is 6.07 Å². The molecule has 0 spiro atoms. The molecule has 3 nitrogen and oxygen atoms in total. The van der Waals surface area contributed by atoms with Crippen LogP contribution in [-0.4, -0.2) is 7.11 Å². The number of ether oxygens (including phenoxy) is 1. The zero-order chi connectivity index (χ0) is 9.84. The quantitative estimate of drug-likeness (QED) is 0.802. The molecule has 0 aromatic heterocycles. The first kappa shape index (κ1) is 13.1. The van der Waals surface area contributed by atoms with Crippen molar-refractivity contribution in [3.8, 4) is 5.75 Å². The summed E-state index contributed by atoms with van der Waals surface area (Å²) < 4.78 is 30.5. The molecule has 0 aliphatic heterocycles. The molecule has 0 heterocycles. The first-order valence-electron chi connectivity index (χ1n) is 3.52. The van der Waals surface area contributed by atoms with Crippen LogP contribution in [0.5, 0.6) is 5.75 Å². The highest BCUT2D eigenvalue weighted by Crippen LogP contribution is 2.29. The number of para-hydroxylation sites is 1. The summed E-state index contributed by atoms with van der Waals surface area (Å²) in [6, 6.07) is 3.84. The number of rotatable bonds is 3. The van der Waals surface area contributed by atoms with E-state index in [1.807, 2.05) is 0 Å². The van der Waals surface area contributed by atoms with E-state index in [0.29, 0.717) is 0 Å². The van der Waals surface area contributed by atoms with Gasteiger partial charge in [-0.25, -0.2) is 14.7 Å². The molecule has 0 saturated heterocycles. The zero-order valence-electron chi connectivity index (χ0n) is 7.37. The third-order valence-corrected chi connectivity index (χ3v) is 1.57. The van der Waals surface area contributed by atoms with Crippen LogP contribution < -0.4 is 10.6 Å². The monoisotopic (exact) mass is 225 g/mol. The van der Waals surface area contributed by atoms with E-state index in [-0.39, 0.29) is 23.7 Å². The van der Waals surface area contributed by atoms with Crippen LogP contribution in [0.25, 0.3) is 0 Å². The summed E-state index contributed by atoms with van der Waals surface area (Å²) in [6.07, 6.45) is -1.88. The maximum absolute atomic E-state index is 13.0. The highest BCUT2D eigenvalue weighted by Gasteiger charge is 2.17. The molecule has 0 fully saturated rings. The minimum absolute atomic E-state index is 0. The number of hydrogen-bond donors (Lipinski definition) is 1. The van der Waals surface area contributed by atoms with Gasteiger partial charge in [-0.2, -0.15) is 0 Å². The van der Waals surface area contributed by atoms with E-state index in [1.54, 1.807) is 0 Å². The van der Waals surface area contributed by atoms with Crippen LogP contribution in [0.2, 0.25) is 0 Å². The van der Waals surface area contributed by atoms with Crippen molar-refractivity contribution in [2.75, 3.05) is 7.11 Å². The molecule has 0 aliphatic carbocycles. The van der Waals surface area contributed by atoms with E-state index in [9.17, 15) is 8.78 Å². The van der Waals surface area contributed by atoms with Gasteiger partial charge in [-0.05, 0) is 12.1 Å². The van der Waals surface area contributed by atoms with Crippen LogP contribution in [0.4, 0.5) is 8.78 Å². The van der Waals surface area contributed by atoms with Gasteiger partial charge in [-0.15, -0.1) is 12.4 Å². The predicted octanol–water partition coefficient (Wildman–Crippen LogP) is 2.11. The summed E-state index contributed by atoms with van der Waals surface area (Å²) in [5, 5.41) is 0. The standard InChI is InChI=1S/C8H9F2NO2.ClH/c1-12-7-5(8(10)13-11)3-2-4-6(7)9;/h2-4,8H,11H2,1H3;1H. The fourth-order valence-electron chi connectivity index (χ4n) is 0.993. The van der Waals surface area contributed by atoms with E-state index in [0.717, 1.165) is 6.07 Å². The van der Waals surface area contributed by atoms with Gasteiger partial charge in [0.05, 0.1) is 12.7 Å². The number of halogens is 3. The SMILES string of the molecule is COc1c(F)cccc1C(F)ON.Cl. The molecule has 0 amide bonds. The second kappa shape index (κ2) is 5.74. The Balaban J connectivity index is 0.00000169. The predicted molar refractivity (Wildman–Crippen MR) is 49.3 cm³/mol. The molecule has 14 heavy (non-hydrogen) atoms. The van der Waals surface area contributed by atoms with Gasteiger partial charge < -0.3 is 4.74 Å².